The summed E-state index contributed by atoms with van der Waals surface area (Å²) in [5.74, 6) is -1.39. The third-order valence-corrected chi connectivity index (χ3v) is 2.68. The van der Waals surface area contributed by atoms with Gasteiger partial charge >= 0.3 is 11.8 Å². The van der Waals surface area contributed by atoms with E-state index in [4.69, 9.17) is 5.73 Å². The quantitative estimate of drug-likeness (QED) is 0.441. The fourth-order valence-electron chi connectivity index (χ4n) is 1.78. The van der Waals surface area contributed by atoms with E-state index in [9.17, 15) is 14.7 Å². The number of rotatable bonds is 3. The normalized spacial score (nSPS) is 24.9. The van der Waals surface area contributed by atoms with Crippen LogP contribution in [-0.2, 0) is 9.59 Å². The molecule has 1 aliphatic rings. The zero-order valence-electron chi connectivity index (χ0n) is 9.24. The molecule has 1 saturated carbocycles. The maximum atomic E-state index is 11.4. The Labute approximate surface area is 94.6 Å². The summed E-state index contributed by atoms with van der Waals surface area (Å²) in [4.78, 5) is 22.6. The SMILES string of the molecule is NCCNC(=O)C(=O)NC1CCCCC1O. The van der Waals surface area contributed by atoms with Gasteiger partial charge in [-0.25, -0.2) is 0 Å². The minimum Gasteiger partial charge on any atom is -0.391 e. The van der Waals surface area contributed by atoms with Crippen LogP contribution >= 0.6 is 0 Å². The Morgan fingerprint density at radius 1 is 1.25 bits per heavy atom. The second kappa shape index (κ2) is 6.44. The Kier molecular flexibility index (Phi) is 5.21. The zero-order chi connectivity index (χ0) is 12.0. The summed E-state index contributed by atoms with van der Waals surface area (Å²) in [6, 6.07) is -0.301. The van der Waals surface area contributed by atoms with E-state index in [1.165, 1.54) is 0 Å². The first-order chi connectivity index (χ1) is 7.65. The van der Waals surface area contributed by atoms with Gasteiger partial charge in [0.05, 0.1) is 12.1 Å². The highest BCUT2D eigenvalue weighted by Crippen LogP contribution is 2.18. The van der Waals surface area contributed by atoms with Crippen LogP contribution in [0.5, 0.6) is 0 Å². The highest BCUT2D eigenvalue weighted by Gasteiger charge is 2.26. The molecule has 6 heteroatoms. The van der Waals surface area contributed by atoms with E-state index >= 15 is 0 Å². The monoisotopic (exact) mass is 229 g/mol. The van der Waals surface area contributed by atoms with Gasteiger partial charge in [-0.2, -0.15) is 0 Å². The van der Waals surface area contributed by atoms with Crippen LogP contribution < -0.4 is 16.4 Å². The van der Waals surface area contributed by atoms with Crippen LogP contribution in [0.25, 0.3) is 0 Å². The first-order valence-corrected chi connectivity index (χ1v) is 5.62. The number of amides is 2. The maximum absolute atomic E-state index is 11.4. The molecule has 0 aliphatic heterocycles. The molecule has 0 bridgehead atoms. The fourth-order valence-corrected chi connectivity index (χ4v) is 1.78. The summed E-state index contributed by atoms with van der Waals surface area (Å²) in [5, 5.41) is 14.5. The maximum Gasteiger partial charge on any atom is 0.309 e. The smallest absolute Gasteiger partial charge is 0.309 e. The average molecular weight is 229 g/mol. The molecular weight excluding hydrogens is 210 g/mol. The molecule has 0 aromatic heterocycles. The molecule has 6 nitrogen and oxygen atoms in total. The van der Waals surface area contributed by atoms with Gasteiger partial charge in [0.1, 0.15) is 0 Å². The van der Waals surface area contributed by atoms with Gasteiger partial charge in [0, 0.05) is 13.1 Å². The summed E-state index contributed by atoms with van der Waals surface area (Å²) in [6.07, 6.45) is 2.78. The van der Waals surface area contributed by atoms with Crippen molar-refractivity contribution in [1.29, 1.82) is 0 Å². The molecule has 16 heavy (non-hydrogen) atoms. The number of nitrogens with one attached hydrogen (secondary N) is 2. The third-order valence-electron chi connectivity index (χ3n) is 2.68. The molecule has 0 spiro atoms. The van der Waals surface area contributed by atoms with Gasteiger partial charge < -0.3 is 21.5 Å². The lowest BCUT2D eigenvalue weighted by molar-refractivity contribution is -0.140. The van der Waals surface area contributed by atoms with Gasteiger partial charge in [0.25, 0.3) is 0 Å². The lowest BCUT2D eigenvalue weighted by atomic mass is 9.92. The zero-order valence-corrected chi connectivity index (χ0v) is 9.24. The molecule has 5 N–H and O–H groups in total. The van der Waals surface area contributed by atoms with E-state index in [0.717, 1.165) is 19.3 Å². The molecule has 0 saturated heterocycles. The molecule has 0 aromatic carbocycles. The van der Waals surface area contributed by atoms with Crippen molar-refractivity contribution in [2.24, 2.45) is 5.73 Å². The van der Waals surface area contributed by atoms with Crippen LogP contribution in [0.2, 0.25) is 0 Å². The number of aliphatic hydroxyl groups is 1. The Morgan fingerprint density at radius 3 is 2.56 bits per heavy atom. The molecule has 2 amide bonds. The lowest BCUT2D eigenvalue weighted by Crippen LogP contribution is -2.50. The van der Waals surface area contributed by atoms with Crippen LogP contribution in [0.1, 0.15) is 25.7 Å². The van der Waals surface area contributed by atoms with Crippen molar-refractivity contribution in [3.05, 3.63) is 0 Å². The number of aliphatic hydroxyl groups excluding tert-OH is 1. The number of hydrogen-bond acceptors (Lipinski definition) is 4. The van der Waals surface area contributed by atoms with E-state index in [-0.39, 0.29) is 12.6 Å². The molecule has 0 heterocycles. The second-order valence-corrected chi connectivity index (χ2v) is 3.98. The van der Waals surface area contributed by atoms with Gasteiger partial charge in [-0.1, -0.05) is 12.8 Å². The van der Waals surface area contributed by atoms with E-state index in [0.29, 0.717) is 13.0 Å². The summed E-state index contributed by atoms with van der Waals surface area (Å²) in [5.41, 5.74) is 5.20. The number of hydrogen-bond donors (Lipinski definition) is 4. The molecule has 92 valence electrons. The average Bonchev–Trinajstić information content (AvgIpc) is 2.28. The van der Waals surface area contributed by atoms with Crippen molar-refractivity contribution in [3.63, 3.8) is 0 Å². The Bertz CT molecular complexity index is 258. The molecule has 1 aliphatic carbocycles. The molecule has 1 rings (SSSR count). The topological polar surface area (TPSA) is 104 Å². The molecule has 0 aromatic rings. The fraction of sp³-hybridized carbons (Fsp3) is 0.800. The van der Waals surface area contributed by atoms with Crippen LogP contribution in [-0.4, -0.2) is 42.2 Å². The predicted molar refractivity (Wildman–Crippen MR) is 58.5 cm³/mol. The number of carbonyl (C=O) groups is 2. The Balaban J connectivity index is 2.34. The predicted octanol–water partition coefficient (Wildman–Crippen LogP) is -1.52. The third kappa shape index (κ3) is 3.79. The van der Waals surface area contributed by atoms with Crippen molar-refractivity contribution < 1.29 is 14.7 Å². The molecule has 1 fully saturated rings. The van der Waals surface area contributed by atoms with Crippen molar-refractivity contribution in [2.45, 2.75) is 37.8 Å². The van der Waals surface area contributed by atoms with Gasteiger partial charge in [-0.15, -0.1) is 0 Å². The standard InChI is InChI=1S/C10H19N3O3/c11-5-6-12-9(15)10(16)13-7-3-1-2-4-8(7)14/h7-8,14H,1-6,11H2,(H,12,15)(H,13,16). The van der Waals surface area contributed by atoms with Gasteiger partial charge in [-0.3, -0.25) is 9.59 Å². The largest absolute Gasteiger partial charge is 0.391 e. The van der Waals surface area contributed by atoms with E-state index < -0.39 is 17.9 Å². The van der Waals surface area contributed by atoms with E-state index in [1.807, 2.05) is 0 Å². The highest BCUT2D eigenvalue weighted by molar-refractivity contribution is 6.35. The van der Waals surface area contributed by atoms with Crippen LogP contribution in [0, 0.1) is 0 Å². The van der Waals surface area contributed by atoms with Crippen molar-refractivity contribution in [2.75, 3.05) is 13.1 Å². The summed E-state index contributed by atoms with van der Waals surface area (Å²) in [6.45, 7) is 0.574. The summed E-state index contributed by atoms with van der Waals surface area (Å²) < 4.78 is 0. The summed E-state index contributed by atoms with van der Waals surface area (Å²) in [7, 11) is 0. The lowest BCUT2D eigenvalue weighted by Gasteiger charge is -2.27. The van der Waals surface area contributed by atoms with Gasteiger partial charge in [0.2, 0.25) is 0 Å². The van der Waals surface area contributed by atoms with Crippen LogP contribution in [0.15, 0.2) is 0 Å². The first-order valence-electron chi connectivity index (χ1n) is 5.62. The van der Waals surface area contributed by atoms with E-state index in [2.05, 4.69) is 10.6 Å². The number of carbonyl (C=O) groups excluding carboxylic acids is 2. The Hall–Kier alpha value is -1.14. The molecule has 2 unspecified atom stereocenters. The van der Waals surface area contributed by atoms with Crippen LogP contribution in [0.4, 0.5) is 0 Å². The minimum absolute atomic E-state index is 0.277. The number of nitrogens with two attached hydrogens (primary N) is 1. The summed E-state index contributed by atoms with van der Waals surface area (Å²) >= 11 is 0. The first kappa shape index (κ1) is 12.9. The van der Waals surface area contributed by atoms with Crippen molar-refractivity contribution in [3.8, 4) is 0 Å². The van der Waals surface area contributed by atoms with Crippen molar-refractivity contribution in [1.82, 2.24) is 10.6 Å². The van der Waals surface area contributed by atoms with Gasteiger partial charge in [0.15, 0.2) is 0 Å². The van der Waals surface area contributed by atoms with E-state index in [1.54, 1.807) is 0 Å². The molecule has 2 atom stereocenters. The molecular formula is C10H19N3O3. The second-order valence-electron chi connectivity index (χ2n) is 3.98. The van der Waals surface area contributed by atoms with Gasteiger partial charge in [-0.05, 0) is 12.8 Å². The minimum atomic E-state index is -0.695. The van der Waals surface area contributed by atoms with Crippen molar-refractivity contribution >= 4 is 11.8 Å². The molecule has 0 radical (unpaired) electrons. The highest BCUT2D eigenvalue weighted by atomic mass is 16.3. The Morgan fingerprint density at radius 2 is 1.94 bits per heavy atom. The van der Waals surface area contributed by atoms with Crippen LogP contribution in [0.3, 0.4) is 0 Å².